The molecule has 1 rings (SSSR count). The van der Waals surface area contributed by atoms with E-state index in [9.17, 15) is 4.79 Å². The minimum atomic E-state index is -0.281. The summed E-state index contributed by atoms with van der Waals surface area (Å²) in [7, 11) is 4.21. The molecule has 0 bridgehead atoms. The van der Waals surface area contributed by atoms with Gasteiger partial charge in [-0.2, -0.15) is 0 Å². The van der Waals surface area contributed by atoms with Gasteiger partial charge in [-0.05, 0) is 77.7 Å². The Balaban J connectivity index is 2.94. The molecule has 0 aromatic heterocycles. The lowest BCUT2D eigenvalue weighted by atomic mass is 9.85. The van der Waals surface area contributed by atoms with Gasteiger partial charge in [0.15, 0.2) is 0 Å². The molecule has 0 radical (unpaired) electrons. The van der Waals surface area contributed by atoms with E-state index in [0.717, 1.165) is 13.0 Å². The predicted octanol–water partition coefficient (Wildman–Crippen LogP) is 5.00. The first-order chi connectivity index (χ1) is 11.7. The van der Waals surface area contributed by atoms with Crippen LogP contribution in [0, 0.1) is 5.92 Å². The maximum atomic E-state index is 12.5. The zero-order chi connectivity index (χ0) is 19.1. The molecule has 4 nitrogen and oxygen atoms in total. The Kier molecular flexibility index (Phi) is 8.43. The molecule has 4 heteroatoms. The zero-order valence-corrected chi connectivity index (χ0v) is 17.2. The fourth-order valence-corrected chi connectivity index (χ4v) is 3.65. The number of rotatable bonds is 8. The standard InChI is InChI=1S/C21H36N2O2/c1-9-20(17(6)14-22(7)8)18-11-10-12-19(13-18)25-21(24)23(15(2)3)16(4)5/h10-13,15-17,20H,9,14H2,1-8H3/t17-,20+/m0/s1. The SMILES string of the molecule is CC[C@@H](c1cccc(OC(=O)N(C(C)C)C(C)C)c1)[C@@H](C)CN(C)C. The van der Waals surface area contributed by atoms with Gasteiger partial charge in [-0.1, -0.05) is 26.0 Å². The van der Waals surface area contributed by atoms with E-state index < -0.39 is 0 Å². The van der Waals surface area contributed by atoms with Crippen LogP contribution in [0.1, 0.15) is 59.4 Å². The molecule has 0 N–H and O–H groups in total. The van der Waals surface area contributed by atoms with Gasteiger partial charge in [0.1, 0.15) is 5.75 Å². The number of benzene rings is 1. The van der Waals surface area contributed by atoms with E-state index in [4.69, 9.17) is 4.74 Å². The van der Waals surface area contributed by atoms with Gasteiger partial charge >= 0.3 is 6.09 Å². The lowest BCUT2D eigenvalue weighted by Crippen LogP contribution is -2.43. The fourth-order valence-electron chi connectivity index (χ4n) is 3.65. The molecule has 0 aliphatic carbocycles. The van der Waals surface area contributed by atoms with Crippen LogP contribution in [0.2, 0.25) is 0 Å². The van der Waals surface area contributed by atoms with Gasteiger partial charge in [-0.25, -0.2) is 4.79 Å². The van der Waals surface area contributed by atoms with Crippen molar-refractivity contribution < 1.29 is 9.53 Å². The average molecular weight is 349 g/mol. The Bertz CT molecular complexity index is 532. The van der Waals surface area contributed by atoms with Crippen LogP contribution in [0.5, 0.6) is 5.75 Å². The monoisotopic (exact) mass is 348 g/mol. The highest BCUT2D eigenvalue weighted by molar-refractivity contribution is 5.71. The Morgan fingerprint density at radius 2 is 1.68 bits per heavy atom. The average Bonchev–Trinajstić information content (AvgIpc) is 2.46. The van der Waals surface area contributed by atoms with Crippen molar-refractivity contribution in [2.24, 2.45) is 5.92 Å². The number of hydrogen-bond acceptors (Lipinski definition) is 3. The van der Waals surface area contributed by atoms with Gasteiger partial charge in [0.25, 0.3) is 0 Å². The van der Waals surface area contributed by atoms with Gasteiger partial charge in [0.2, 0.25) is 0 Å². The molecule has 1 aromatic rings. The van der Waals surface area contributed by atoms with Crippen molar-refractivity contribution >= 4 is 6.09 Å². The second-order valence-electron chi connectivity index (χ2n) is 7.79. The van der Waals surface area contributed by atoms with Crippen molar-refractivity contribution in [2.75, 3.05) is 20.6 Å². The first-order valence-electron chi connectivity index (χ1n) is 9.42. The lowest BCUT2D eigenvalue weighted by molar-refractivity contribution is 0.122. The summed E-state index contributed by atoms with van der Waals surface area (Å²) in [5, 5.41) is 0. The summed E-state index contributed by atoms with van der Waals surface area (Å²) in [6, 6.07) is 8.23. The van der Waals surface area contributed by atoms with Gasteiger partial charge < -0.3 is 14.5 Å². The molecule has 0 saturated carbocycles. The molecular formula is C21H36N2O2. The highest BCUT2D eigenvalue weighted by Gasteiger charge is 2.23. The van der Waals surface area contributed by atoms with E-state index in [1.165, 1.54) is 5.56 Å². The van der Waals surface area contributed by atoms with E-state index in [-0.39, 0.29) is 18.2 Å². The van der Waals surface area contributed by atoms with Crippen molar-refractivity contribution in [1.29, 1.82) is 0 Å². The second kappa shape index (κ2) is 9.81. The molecule has 0 unspecified atom stereocenters. The molecule has 2 atom stereocenters. The third kappa shape index (κ3) is 6.35. The van der Waals surface area contributed by atoms with Crippen molar-refractivity contribution in [3.63, 3.8) is 0 Å². The number of amides is 1. The summed E-state index contributed by atoms with van der Waals surface area (Å²) < 4.78 is 5.67. The molecule has 0 aliphatic rings. The molecular weight excluding hydrogens is 312 g/mol. The molecule has 0 fully saturated rings. The maximum absolute atomic E-state index is 12.5. The number of ether oxygens (including phenoxy) is 1. The minimum Gasteiger partial charge on any atom is -0.410 e. The summed E-state index contributed by atoms with van der Waals surface area (Å²) in [6.07, 6.45) is 0.785. The predicted molar refractivity (Wildman–Crippen MR) is 105 cm³/mol. The van der Waals surface area contributed by atoms with Crippen LogP contribution in [0.4, 0.5) is 4.79 Å². The highest BCUT2D eigenvalue weighted by Crippen LogP contribution is 2.30. The highest BCUT2D eigenvalue weighted by atomic mass is 16.6. The second-order valence-corrected chi connectivity index (χ2v) is 7.79. The Morgan fingerprint density at radius 1 is 1.08 bits per heavy atom. The van der Waals surface area contributed by atoms with Crippen LogP contribution in [0.15, 0.2) is 24.3 Å². The van der Waals surface area contributed by atoms with Crippen molar-refractivity contribution in [3.8, 4) is 5.75 Å². The topological polar surface area (TPSA) is 32.8 Å². The molecule has 25 heavy (non-hydrogen) atoms. The van der Waals surface area contributed by atoms with E-state index in [1.54, 1.807) is 4.90 Å². The van der Waals surface area contributed by atoms with Gasteiger partial charge in [0.05, 0.1) is 0 Å². The van der Waals surface area contributed by atoms with Crippen molar-refractivity contribution in [3.05, 3.63) is 29.8 Å². The van der Waals surface area contributed by atoms with E-state index in [0.29, 0.717) is 17.6 Å². The van der Waals surface area contributed by atoms with E-state index in [1.807, 2.05) is 45.9 Å². The van der Waals surface area contributed by atoms with E-state index in [2.05, 4.69) is 38.9 Å². The van der Waals surface area contributed by atoms with Crippen LogP contribution < -0.4 is 4.74 Å². The third-order valence-electron chi connectivity index (χ3n) is 4.59. The Morgan fingerprint density at radius 3 is 2.16 bits per heavy atom. The fraction of sp³-hybridized carbons (Fsp3) is 0.667. The molecule has 1 amide bonds. The van der Waals surface area contributed by atoms with Crippen LogP contribution in [-0.4, -0.2) is 48.6 Å². The largest absolute Gasteiger partial charge is 0.415 e. The Labute approximate surface area is 154 Å². The first-order valence-corrected chi connectivity index (χ1v) is 9.42. The van der Waals surface area contributed by atoms with Crippen LogP contribution >= 0.6 is 0 Å². The first kappa shape index (κ1) is 21.5. The van der Waals surface area contributed by atoms with Gasteiger partial charge in [0, 0.05) is 18.6 Å². The minimum absolute atomic E-state index is 0.110. The third-order valence-corrected chi connectivity index (χ3v) is 4.59. The van der Waals surface area contributed by atoms with Crippen molar-refractivity contribution in [2.45, 2.75) is 66.0 Å². The molecule has 0 heterocycles. The van der Waals surface area contributed by atoms with Gasteiger partial charge in [-0.3, -0.25) is 0 Å². The molecule has 1 aromatic carbocycles. The van der Waals surface area contributed by atoms with Crippen LogP contribution in [0.25, 0.3) is 0 Å². The number of carbonyl (C=O) groups is 1. The number of nitrogens with zero attached hydrogens (tertiary/aromatic N) is 2. The quantitative estimate of drug-likeness (QED) is 0.663. The van der Waals surface area contributed by atoms with Gasteiger partial charge in [-0.15, -0.1) is 0 Å². The smallest absolute Gasteiger partial charge is 0.410 e. The number of hydrogen-bond donors (Lipinski definition) is 0. The summed E-state index contributed by atoms with van der Waals surface area (Å²) in [5.74, 6) is 1.62. The summed E-state index contributed by atoms with van der Waals surface area (Å²) >= 11 is 0. The van der Waals surface area contributed by atoms with E-state index >= 15 is 0 Å². The molecule has 0 saturated heterocycles. The molecule has 142 valence electrons. The summed E-state index contributed by atoms with van der Waals surface area (Å²) in [6.45, 7) is 13.6. The Hall–Kier alpha value is -1.55. The molecule has 0 spiro atoms. The normalized spacial score (nSPS) is 14.0. The van der Waals surface area contributed by atoms with Crippen molar-refractivity contribution in [1.82, 2.24) is 9.80 Å². The maximum Gasteiger partial charge on any atom is 0.415 e. The number of carbonyl (C=O) groups excluding carboxylic acids is 1. The lowest BCUT2D eigenvalue weighted by Gasteiger charge is -2.30. The summed E-state index contributed by atoms with van der Waals surface area (Å²) in [4.78, 5) is 16.5. The zero-order valence-electron chi connectivity index (χ0n) is 17.2. The summed E-state index contributed by atoms with van der Waals surface area (Å²) in [5.41, 5.74) is 1.24. The van der Waals surface area contributed by atoms with Crippen LogP contribution in [0.3, 0.4) is 0 Å². The van der Waals surface area contributed by atoms with Crippen LogP contribution in [-0.2, 0) is 0 Å². The molecule has 0 aliphatic heterocycles.